The molecule has 84 valence electrons. The Morgan fingerprint density at radius 3 is 3.13 bits per heavy atom. The molecule has 1 fully saturated rings. The Hall–Kier alpha value is -0.800. The quantitative estimate of drug-likeness (QED) is 0.821. The van der Waals surface area contributed by atoms with Crippen LogP contribution >= 0.6 is 0 Å². The Bertz CT molecular complexity index is 284. The Labute approximate surface area is 91.2 Å². The van der Waals surface area contributed by atoms with Gasteiger partial charge in [-0.3, -0.25) is 0 Å². The molecular weight excluding hydrogens is 188 g/mol. The van der Waals surface area contributed by atoms with Crippen LogP contribution in [0.4, 0.5) is 0 Å². The van der Waals surface area contributed by atoms with Gasteiger partial charge in [0.05, 0.1) is 6.26 Å². The van der Waals surface area contributed by atoms with Gasteiger partial charge in [0.1, 0.15) is 5.76 Å². The van der Waals surface area contributed by atoms with Crippen molar-refractivity contribution in [2.24, 2.45) is 5.73 Å². The van der Waals surface area contributed by atoms with Gasteiger partial charge in [-0.05, 0) is 38.4 Å². The van der Waals surface area contributed by atoms with E-state index in [4.69, 9.17) is 10.2 Å². The number of rotatable bonds is 3. The number of likely N-dealkylation sites (tertiary alicyclic amines) is 1. The number of hydrogen-bond acceptors (Lipinski definition) is 3. The molecule has 0 spiro atoms. The lowest BCUT2D eigenvalue weighted by Crippen LogP contribution is -2.46. The van der Waals surface area contributed by atoms with E-state index in [9.17, 15) is 0 Å². The van der Waals surface area contributed by atoms with Crippen molar-refractivity contribution in [3.63, 3.8) is 0 Å². The summed E-state index contributed by atoms with van der Waals surface area (Å²) in [5.74, 6) is 1.08. The van der Waals surface area contributed by atoms with Gasteiger partial charge in [0.2, 0.25) is 0 Å². The molecule has 2 N–H and O–H groups in total. The lowest BCUT2D eigenvalue weighted by atomic mass is 9.99. The molecule has 15 heavy (non-hydrogen) atoms. The lowest BCUT2D eigenvalue weighted by Gasteiger charge is -2.36. The van der Waals surface area contributed by atoms with Gasteiger partial charge in [-0.25, -0.2) is 0 Å². The Kier molecular flexibility index (Phi) is 3.44. The fraction of sp³-hybridized carbons (Fsp3) is 0.667. The van der Waals surface area contributed by atoms with Gasteiger partial charge in [-0.15, -0.1) is 0 Å². The molecule has 1 aromatic heterocycles. The number of piperidine rings is 1. The average molecular weight is 208 g/mol. The minimum Gasteiger partial charge on any atom is -0.469 e. The van der Waals surface area contributed by atoms with Crippen LogP contribution in [0.25, 0.3) is 0 Å². The van der Waals surface area contributed by atoms with Crippen LogP contribution in [0.5, 0.6) is 0 Å². The summed E-state index contributed by atoms with van der Waals surface area (Å²) in [5.41, 5.74) is 5.93. The van der Waals surface area contributed by atoms with Crippen molar-refractivity contribution in [1.82, 2.24) is 4.90 Å². The van der Waals surface area contributed by atoms with E-state index in [0.717, 1.165) is 38.1 Å². The molecule has 2 heterocycles. The molecule has 0 saturated carbocycles. The van der Waals surface area contributed by atoms with E-state index in [1.54, 1.807) is 6.26 Å². The maximum Gasteiger partial charge on any atom is 0.105 e. The van der Waals surface area contributed by atoms with Gasteiger partial charge in [0.15, 0.2) is 0 Å². The van der Waals surface area contributed by atoms with Crippen LogP contribution < -0.4 is 5.73 Å². The van der Waals surface area contributed by atoms with Gasteiger partial charge in [0, 0.05) is 25.0 Å². The molecule has 0 amide bonds. The Morgan fingerprint density at radius 1 is 1.60 bits per heavy atom. The number of nitrogens with two attached hydrogens (primary N) is 1. The molecule has 1 aliphatic rings. The van der Waals surface area contributed by atoms with Crippen molar-refractivity contribution in [3.05, 3.63) is 24.2 Å². The summed E-state index contributed by atoms with van der Waals surface area (Å²) in [6.45, 7) is 4.48. The largest absolute Gasteiger partial charge is 0.469 e. The molecule has 2 rings (SSSR count). The lowest BCUT2D eigenvalue weighted by molar-refractivity contribution is 0.147. The zero-order chi connectivity index (χ0) is 10.7. The first-order valence-electron chi connectivity index (χ1n) is 5.77. The number of furan rings is 1. The summed E-state index contributed by atoms with van der Waals surface area (Å²) in [7, 11) is 0. The van der Waals surface area contributed by atoms with Crippen LogP contribution in [0.1, 0.15) is 25.5 Å². The van der Waals surface area contributed by atoms with Gasteiger partial charge in [-0.1, -0.05) is 0 Å². The first-order valence-corrected chi connectivity index (χ1v) is 5.77. The van der Waals surface area contributed by atoms with Crippen molar-refractivity contribution < 1.29 is 4.42 Å². The molecule has 0 aliphatic carbocycles. The molecular formula is C12H20N2O. The second-order valence-corrected chi connectivity index (χ2v) is 4.50. The standard InChI is InChI=1S/C12H20N2O/c1-10-9-11(13)4-6-14(10)7-5-12-3-2-8-15-12/h2-3,8,10-11H,4-7,9,13H2,1H3. The predicted molar refractivity (Wildman–Crippen MR) is 60.7 cm³/mol. The highest BCUT2D eigenvalue weighted by Gasteiger charge is 2.22. The molecule has 0 aromatic carbocycles. The average Bonchev–Trinajstić information content (AvgIpc) is 2.69. The Balaban J connectivity index is 1.79. The van der Waals surface area contributed by atoms with E-state index in [2.05, 4.69) is 11.8 Å². The molecule has 2 atom stereocenters. The van der Waals surface area contributed by atoms with Crippen molar-refractivity contribution in [1.29, 1.82) is 0 Å². The summed E-state index contributed by atoms with van der Waals surface area (Å²) in [4.78, 5) is 2.51. The second-order valence-electron chi connectivity index (χ2n) is 4.50. The van der Waals surface area contributed by atoms with Gasteiger partial charge < -0.3 is 15.1 Å². The first kappa shape index (κ1) is 10.7. The highest BCUT2D eigenvalue weighted by molar-refractivity contribution is 4.99. The highest BCUT2D eigenvalue weighted by atomic mass is 16.3. The molecule has 0 bridgehead atoms. The number of hydrogen-bond donors (Lipinski definition) is 1. The topological polar surface area (TPSA) is 42.4 Å². The fourth-order valence-corrected chi connectivity index (χ4v) is 2.30. The molecule has 2 unspecified atom stereocenters. The number of nitrogens with zero attached hydrogens (tertiary/aromatic N) is 1. The second kappa shape index (κ2) is 4.81. The summed E-state index contributed by atoms with van der Waals surface area (Å²) in [6.07, 6.45) is 5.00. The van der Waals surface area contributed by atoms with Gasteiger partial charge in [0.25, 0.3) is 0 Å². The smallest absolute Gasteiger partial charge is 0.105 e. The third-order valence-corrected chi connectivity index (χ3v) is 3.28. The zero-order valence-corrected chi connectivity index (χ0v) is 9.36. The van der Waals surface area contributed by atoms with Crippen LogP contribution in [0.2, 0.25) is 0 Å². The van der Waals surface area contributed by atoms with Crippen LogP contribution in [0, 0.1) is 0 Å². The summed E-state index contributed by atoms with van der Waals surface area (Å²) >= 11 is 0. The van der Waals surface area contributed by atoms with E-state index >= 15 is 0 Å². The molecule has 0 radical (unpaired) electrons. The van der Waals surface area contributed by atoms with E-state index in [1.807, 2.05) is 12.1 Å². The van der Waals surface area contributed by atoms with Crippen molar-refractivity contribution in [2.45, 2.75) is 38.3 Å². The van der Waals surface area contributed by atoms with Gasteiger partial charge in [-0.2, -0.15) is 0 Å². The zero-order valence-electron chi connectivity index (χ0n) is 9.36. The summed E-state index contributed by atoms with van der Waals surface area (Å²) in [6, 6.07) is 5.01. The monoisotopic (exact) mass is 208 g/mol. The Morgan fingerprint density at radius 2 is 2.47 bits per heavy atom. The van der Waals surface area contributed by atoms with Crippen LogP contribution in [0.3, 0.4) is 0 Å². The maximum atomic E-state index is 5.93. The third kappa shape index (κ3) is 2.83. The molecule has 1 saturated heterocycles. The van der Waals surface area contributed by atoms with Crippen molar-refractivity contribution >= 4 is 0 Å². The summed E-state index contributed by atoms with van der Waals surface area (Å²) in [5, 5.41) is 0. The van der Waals surface area contributed by atoms with Crippen LogP contribution in [0.15, 0.2) is 22.8 Å². The van der Waals surface area contributed by atoms with Crippen molar-refractivity contribution in [2.75, 3.05) is 13.1 Å². The van der Waals surface area contributed by atoms with E-state index in [0.29, 0.717) is 12.1 Å². The first-order chi connectivity index (χ1) is 7.25. The van der Waals surface area contributed by atoms with Crippen LogP contribution in [-0.2, 0) is 6.42 Å². The molecule has 1 aromatic rings. The minimum atomic E-state index is 0.403. The van der Waals surface area contributed by atoms with E-state index < -0.39 is 0 Å². The van der Waals surface area contributed by atoms with Crippen LogP contribution in [-0.4, -0.2) is 30.1 Å². The predicted octanol–water partition coefficient (Wildman–Crippen LogP) is 1.63. The maximum absolute atomic E-state index is 5.93. The normalized spacial score (nSPS) is 28.1. The highest BCUT2D eigenvalue weighted by Crippen LogP contribution is 2.16. The van der Waals surface area contributed by atoms with E-state index in [1.165, 1.54) is 0 Å². The fourth-order valence-electron chi connectivity index (χ4n) is 2.30. The van der Waals surface area contributed by atoms with Crippen molar-refractivity contribution in [3.8, 4) is 0 Å². The SMILES string of the molecule is CC1CC(N)CCN1CCc1ccco1. The molecule has 1 aliphatic heterocycles. The van der Waals surface area contributed by atoms with Gasteiger partial charge >= 0.3 is 0 Å². The third-order valence-electron chi connectivity index (χ3n) is 3.28. The molecule has 3 heteroatoms. The molecule has 3 nitrogen and oxygen atoms in total. The minimum absolute atomic E-state index is 0.403. The van der Waals surface area contributed by atoms with E-state index in [-0.39, 0.29) is 0 Å². The summed E-state index contributed by atoms with van der Waals surface area (Å²) < 4.78 is 5.33.